The maximum absolute atomic E-state index is 4.97. The molecule has 0 aliphatic rings. The van der Waals surface area contributed by atoms with Crippen molar-refractivity contribution in [3.8, 4) is 12.3 Å². The van der Waals surface area contributed by atoms with Gasteiger partial charge in [-0.3, -0.25) is 4.57 Å². The Morgan fingerprint density at radius 3 is 3.18 bits per heavy atom. The van der Waals surface area contributed by atoms with E-state index in [9.17, 15) is 0 Å². The second kappa shape index (κ2) is 3.74. The Labute approximate surface area is 70.0 Å². The molecule has 0 spiro atoms. The Hall–Kier alpha value is -1.34. The first-order valence-electron chi connectivity index (χ1n) is 2.93. The van der Waals surface area contributed by atoms with E-state index in [1.165, 1.54) is 0 Å². The van der Waals surface area contributed by atoms with Gasteiger partial charge in [0.2, 0.25) is 0 Å². The molecule has 1 aromatic heterocycles. The lowest BCUT2D eigenvalue weighted by Crippen LogP contribution is -2.11. The molecule has 3 nitrogen and oxygen atoms in total. The zero-order valence-electron chi connectivity index (χ0n) is 5.73. The summed E-state index contributed by atoms with van der Waals surface area (Å²) < 4.78 is 6.53. The minimum atomic E-state index is 0.191. The molecule has 0 atom stereocenters. The van der Waals surface area contributed by atoms with Crippen LogP contribution in [0.5, 0.6) is 0 Å². The summed E-state index contributed by atoms with van der Waals surface area (Å²) in [5, 5.41) is 0.320. The second-order valence-corrected chi connectivity index (χ2v) is 2.08. The fourth-order valence-corrected chi connectivity index (χ4v) is 0.712. The predicted molar refractivity (Wildman–Crippen MR) is 45.0 cm³/mol. The number of nitrogens with zero attached hydrogens (tertiary/aromatic N) is 2. The average Bonchev–Trinajstić information content (AvgIpc) is 2.52. The molecule has 0 saturated carbocycles. The van der Waals surface area contributed by atoms with Crippen LogP contribution in [0.4, 0.5) is 0 Å². The Bertz CT molecular complexity index is 273. The minimum Gasteiger partial charge on any atom is -0.457 e. The molecule has 0 saturated heterocycles. The van der Waals surface area contributed by atoms with Gasteiger partial charge in [-0.15, -0.1) is 6.42 Å². The fraction of sp³-hybridized carbons (Fsp3) is 0.143. The number of hydrogen-bond donors (Lipinski definition) is 0. The van der Waals surface area contributed by atoms with Gasteiger partial charge in [0.05, 0.1) is 0 Å². The molecule has 0 fully saturated rings. The van der Waals surface area contributed by atoms with Crippen molar-refractivity contribution >= 4 is 17.4 Å². The molecule has 0 unspecified atom stereocenters. The maximum atomic E-state index is 4.97. The average molecular weight is 166 g/mol. The summed E-state index contributed by atoms with van der Waals surface area (Å²) in [5.41, 5.74) is 0. The quantitative estimate of drug-likeness (QED) is 0.453. The standard InChI is InChI=1S/C7H6N2OS/c1-2-5-10-7(11)9-4-3-8-6-9/h1,3-4,6H,5H2. The smallest absolute Gasteiger partial charge is 0.269 e. The Kier molecular flexibility index (Phi) is 2.64. The van der Waals surface area contributed by atoms with E-state index in [1.54, 1.807) is 23.3 Å². The van der Waals surface area contributed by atoms with Gasteiger partial charge in [0.25, 0.3) is 5.17 Å². The lowest BCUT2D eigenvalue weighted by molar-refractivity contribution is 0.352. The third-order valence-electron chi connectivity index (χ3n) is 0.994. The number of rotatable bonds is 1. The molecule has 0 N–H and O–H groups in total. The molecule has 1 rings (SSSR count). The van der Waals surface area contributed by atoms with E-state index in [2.05, 4.69) is 10.9 Å². The summed E-state index contributed by atoms with van der Waals surface area (Å²) in [5.74, 6) is 2.32. The third-order valence-corrected chi connectivity index (χ3v) is 1.32. The summed E-state index contributed by atoms with van der Waals surface area (Å²) in [6, 6.07) is 0. The highest BCUT2D eigenvalue weighted by atomic mass is 32.1. The van der Waals surface area contributed by atoms with Crippen LogP contribution in [0.25, 0.3) is 0 Å². The molecule has 1 heterocycles. The van der Waals surface area contributed by atoms with E-state index in [0.717, 1.165) is 0 Å². The molecule has 0 radical (unpaired) electrons. The Balaban J connectivity index is 2.51. The molecule has 0 aliphatic carbocycles. The molecule has 1 aromatic rings. The topological polar surface area (TPSA) is 27.1 Å². The van der Waals surface area contributed by atoms with Gasteiger partial charge in [-0.05, 0) is 12.2 Å². The van der Waals surface area contributed by atoms with Gasteiger partial charge in [-0.25, -0.2) is 4.98 Å². The summed E-state index contributed by atoms with van der Waals surface area (Å²) in [4.78, 5) is 3.80. The predicted octanol–water partition coefficient (Wildman–Crippen LogP) is 0.666. The van der Waals surface area contributed by atoms with Crippen molar-refractivity contribution in [1.82, 2.24) is 9.55 Å². The van der Waals surface area contributed by atoms with Crippen molar-refractivity contribution in [3.05, 3.63) is 18.7 Å². The number of terminal acetylenes is 1. The maximum Gasteiger partial charge on any atom is 0.269 e. The van der Waals surface area contributed by atoms with Crippen LogP contribution < -0.4 is 0 Å². The highest BCUT2D eigenvalue weighted by Gasteiger charge is 1.96. The number of imidazole rings is 1. The summed E-state index contributed by atoms with van der Waals surface area (Å²) in [7, 11) is 0. The van der Waals surface area contributed by atoms with Crippen molar-refractivity contribution in [2.45, 2.75) is 0 Å². The van der Waals surface area contributed by atoms with Gasteiger partial charge >= 0.3 is 0 Å². The number of ether oxygens (including phenoxy) is 1. The molecule has 0 amide bonds. The van der Waals surface area contributed by atoms with Crippen LogP contribution in [-0.4, -0.2) is 21.3 Å². The highest BCUT2D eigenvalue weighted by Crippen LogP contribution is 1.89. The first-order valence-corrected chi connectivity index (χ1v) is 3.34. The van der Waals surface area contributed by atoms with Crippen LogP contribution in [0, 0.1) is 12.3 Å². The zero-order valence-corrected chi connectivity index (χ0v) is 6.54. The van der Waals surface area contributed by atoms with Crippen LogP contribution >= 0.6 is 12.2 Å². The van der Waals surface area contributed by atoms with Crippen LogP contribution in [0.3, 0.4) is 0 Å². The Morgan fingerprint density at radius 2 is 2.64 bits per heavy atom. The van der Waals surface area contributed by atoms with Gasteiger partial charge < -0.3 is 4.74 Å². The van der Waals surface area contributed by atoms with Crippen LogP contribution in [0.2, 0.25) is 0 Å². The highest BCUT2D eigenvalue weighted by molar-refractivity contribution is 7.80. The van der Waals surface area contributed by atoms with Crippen molar-refractivity contribution in [3.63, 3.8) is 0 Å². The van der Waals surface area contributed by atoms with E-state index in [0.29, 0.717) is 5.17 Å². The lowest BCUT2D eigenvalue weighted by atomic mass is 10.7. The second-order valence-electron chi connectivity index (χ2n) is 1.73. The molecule has 0 aliphatic heterocycles. The van der Waals surface area contributed by atoms with Gasteiger partial charge in [-0.1, -0.05) is 5.92 Å². The molecule has 0 bridgehead atoms. The number of thiocarbonyl (C=S) groups is 1. The van der Waals surface area contributed by atoms with Crippen LogP contribution in [0.1, 0.15) is 0 Å². The van der Waals surface area contributed by atoms with Gasteiger partial charge in [0, 0.05) is 12.4 Å². The summed E-state index contributed by atoms with van der Waals surface area (Å²) in [6.45, 7) is 0.191. The summed E-state index contributed by atoms with van der Waals surface area (Å²) >= 11 is 4.84. The molecular formula is C7H6N2OS. The van der Waals surface area contributed by atoms with Gasteiger partial charge in [0.15, 0.2) is 6.61 Å². The first kappa shape index (κ1) is 7.76. The van der Waals surface area contributed by atoms with Crippen molar-refractivity contribution < 1.29 is 4.74 Å². The number of hydrogen-bond acceptors (Lipinski definition) is 3. The number of aromatic nitrogens is 2. The largest absolute Gasteiger partial charge is 0.457 e. The summed E-state index contributed by atoms with van der Waals surface area (Å²) in [6.07, 6.45) is 9.84. The van der Waals surface area contributed by atoms with Crippen LogP contribution in [-0.2, 0) is 4.74 Å². The molecule has 56 valence electrons. The fourth-order valence-electron chi connectivity index (χ4n) is 0.545. The van der Waals surface area contributed by atoms with Crippen molar-refractivity contribution in [2.24, 2.45) is 0 Å². The Morgan fingerprint density at radius 1 is 1.82 bits per heavy atom. The zero-order chi connectivity index (χ0) is 8.10. The minimum absolute atomic E-state index is 0.191. The van der Waals surface area contributed by atoms with E-state index >= 15 is 0 Å². The lowest BCUT2D eigenvalue weighted by Gasteiger charge is -2.02. The van der Waals surface area contributed by atoms with Gasteiger partial charge in [-0.2, -0.15) is 0 Å². The van der Waals surface area contributed by atoms with E-state index < -0.39 is 0 Å². The monoisotopic (exact) mass is 166 g/mol. The normalized spacial score (nSPS) is 8.64. The van der Waals surface area contributed by atoms with Gasteiger partial charge in [0.1, 0.15) is 6.33 Å². The van der Waals surface area contributed by atoms with E-state index in [4.69, 9.17) is 23.4 Å². The third kappa shape index (κ3) is 2.06. The molecule has 0 aromatic carbocycles. The van der Waals surface area contributed by atoms with Crippen molar-refractivity contribution in [1.29, 1.82) is 0 Å². The first-order chi connectivity index (χ1) is 5.34. The van der Waals surface area contributed by atoms with Crippen molar-refractivity contribution in [2.75, 3.05) is 6.61 Å². The van der Waals surface area contributed by atoms with Crippen LogP contribution in [0.15, 0.2) is 18.7 Å². The SMILES string of the molecule is C#CCOC(=S)n1ccnc1. The molecule has 4 heteroatoms. The molecular weight excluding hydrogens is 160 g/mol. The van der Waals surface area contributed by atoms with E-state index in [1.807, 2.05) is 0 Å². The molecule has 11 heavy (non-hydrogen) atoms. The van der Waals surface area contributed by atoms with E-state index in [-0.39, 0.29) is 6.61 Å².